The number of thiophene rings is 1. The lowest BCUT2D eigenvalue weighted by molar-refractivity contribution is -0.113. The number of amides is 1. The van der Waals surface area contributed by atoms with Gasteiger partial charge in [-0.05, 0) is 47.7 Å². The fourth-order valence-corrected chi connectivity index (χ4v) is 4.31. The maximum Gasteiger partial charge on any atom is 0.234 e. The number of aryl methyl sites for hydroxylation is 1. The Morgan fingerprint density at radius 1 is 1.13 bits per heavy atom. The molecule has 4 rings (SSSR count). The third-order valence-electron chi connectivity index (χ3n) is 4.48. The molecule has 0 radical (unpaired) electrons. The minimum atomic E-state index is -0.105. The fourth-order valence-electron chi connectivity index (χ4n) is 3.02. The first-order chi connectivity index (χ1) is 15.2. The van der Waals surface area contributed by atoms with Gasteiger partial charge >= 0.3 is 0 Å². The third-order valence-corrected chi connectivity index (χ3v) is 6.21. The Balaban J connectivity index is 1.40. The van der Waals surface area contributed by atoms with Crippen LogP contribution in [0.2, 0.25) is 0 Å². The van der Waals surface area contributed by atoms with Gasteiger partial charge < -0.3 is 5.32 Å². The number of carbonyl (C=O) groups excluding carboxylic acids is 1. The summed E-state index contributed by atoms with van der Waals surface area (Å²) in [5.74, 6) is 6.39. The number of para-hydroxylation sites is 1. The molecule has 0 atom stereocenters. The predicted octanol–water partition coefficient (Wildman–Crippen LogP) is 5.02. The molecule has 2 aromatic heterocycles. The molecule has 0 spiro atoms. The largest absolute Gasteiger partial charge is 0.325 e. The molecule has 0 fully saturated rings. The summed E-state index contributed by atoms with van der Waals surface area (Å²) in [6, 6.07) is 19.7. The highest BCUT2D eigenvalue weighted by Crippen LogP contribution is 2.23. The summed E-state index contributed by atoms with van der Waals surface area (Å²) < 4.78 is 1.93. The van der Waals surface area contributed by atoms with Crippen LogP contribution in [0.15, 0.2) is 77.5 Å². The third kappa shape index (κ3) is 5.43. The van der Waals surface area contributed by atoms with Crippen LogP contribution in [0.5, 0.6) is 0 Å². The molecule has 4 aromatic rings. The molecule has 2 aromatic carbocycles. The van der Waals surface area contributed by atoms with E-state index in [-0.39, 0.29) is 11.7 Å². The Labute approximate surface area is 189 Å². The number of nitrogens with one attached hydrogen (secondary N) is 1. The van der Waals surface area contributed by atoms with Crippen molar-refractivity contribution in [3.05, 3.63) is 88.4 Å². The number of carbonyl (C=O) groups is 1. The van der Waals surface area contributed by atoms with E-state index in [2.05, 4.69) is 40.3 Å². The second-order valence-electron chi connectivity index (χ2n) is 6.61. The van der Waals surface area contributed by atoms with Crippen LogP contribution in [0.4, 0.5) is 5.69 Å². The van der Waals surface area contributed by atoms with Crippen molar-refractivity contribution in [2.75, 3.05) is 11.1 Å². The van der Waals surface area contributed by atoms with Crippen LogP contribution in [-0.4, -0.2) is 26.4 Å². The van der Waals surface area contributed by atoms with Crippen LogP contribution in [0.25, 0.3) is 5.69 Å². The second kappa shape index (κ2) is 10.1. The van der Waals surface area contributed by atoms with E-state index in [0.717, 1.165) is 28.2 Å². The van der Waals surface area contributed by atoms with Crippen LogP contribution in [0.3, 0.4) is 0 Å². The quantitative estimate of drug-likeness (QED) is 0.335. The number of hydrogen-bond donors (Lipinski definition) is 1. The van der Waals surface area contributed by atoms with Crippen molar-refractivity contribution in [3.8, 4) is 17.5 Å². The molecule has 7 heteroatoms. The smallest absolute Gasteiger partial charge is 0.234 e. The molecule has 0 aliphatic heterocycles. The monoisotopic (exact) mass is 444 g/mol. The second-order valence-corrected chi connectivity index (χ2v) is 8.50. The number of benzene rings is 2. The molecular weight excluding hydrogens is 424 g/mol. The van der Waals surface area contributed by atoms with Gasteiger partial charge in [0.05, 0.1) is 16.3 Å². The normalized spacial score (nSPS) is 10.4. The first-order valence-corrected chi connectivity index (χ1v) is 11.7. The Kier molecular flexibility index (Phi) is 6.82. The number of aromatic nitrogens is 3. The standard InChI is InChI=1S/C24H20N4OS2/c1-2-19-8-3-4-11-22(19)28-17-25-27-24(28)31-16-23(29)26-20-9-5-7-18(15-20)12-13-21-10-6-14-30-21/h3-11,14-15,17H,2,16H2,1H3,(H,26,29). The van der Waals surface area contributed by atoms with Crippen molar-refractivity contribution in [2.24, 2.45) is 0 Å². The van der Waals surface area contributed by atoms with E-state index in [1.807, 2.05) is 64.5 Å². The summed E-state index contributed by atoms with van der Waals surface area (Å²) >= 11 is 2.96. The Hall–Kier alpha value is -3.34. The van der Waals surface area contributed by atoms with Crippen LogP contribution in [0, 0.1) is 11.8 Å². The molecule has 0 bridgehead atoms. The first-order valence-electron chi connectivity index (χ1n) is 9.79. The molecule has 2 heterocycles. The van der Waals surface area contributed by atoms with Gasteiger partial charge in [0.2, 0.25) is 5.91 Å². The topological polar surface area (TPSA) is 59.8 Å². The highest BCUT2D eigenvalue weighted by Gasteiger charge is 2.12. The summed E-state index contributed by atoms with van der Waals surface area (Å²) in [5.41, 5.74) is 3.82. The number of thioether (sulfide) groups is 1. The van der Waals surface area contributed by atoms with E-state index < -0.39 is 0 Å². The van der Waals surface area contributed by atoms with E-state index in [0.29, 0.717) is 5.16 Å². The van der Waals surface area contributed by atoms with E-state index in [1.165, 1.54) is 17.3 Å². The SMILES string of the molecule is CCc1ccccc1-n1cnnc1SCC(=O)Nc1cccc(C#Cc2cccs2)c1. The summed E-state index contributed by atoms with van der Waals surface area (Å²) in [5, 5.41) is 13.8. The van der Waals surface area contributed by atoms with Gasteiger partial charge in [-0.15, -0.1) is 21.5 Å². The van der Waals surface area contributed by atoms with Gasteiger partial charge in [-0.3, -0.25) is 9.36 Å². The zero-order chi connectivity index (χ0) is 21.5. The maximum atomic E-state index is 12.5. The number of rotatable bonds is 6. The van der Waals surface area contributed by atoms with Crippen LogP contribution in [0.1, 0.15) is 22.9 Å². The fraction of sp³-hybridized carbons (Fsp3) is 0.125. The molecule has 5 nitrogen and oxygen atoms in total. The van der Waals surface area contributed by atoms with Crippen LogP contribution < -0.4 is 5.32 Å². The summed E-state index contributed by atoms with van der Waals surface area (Å²) in [4.78, 5) is 13.5. The van der Waals surface area contributed by atoms with Crippen molar-refractivity contribution in [3.63, 3.8) is 0 Å². The van der Waals surface area contributed by atoms with Crippen LogP contribution in [-0.2, 0) is 11.2 Å². The molecule has 154 valence electrons. The summed E-state index contributed by atoms with van der Waals surface area (Å²) in [6.45, 7) is 2.11. The molecule has 0 aliphatic rings. The number of anilines is 1. The van der Waals surface area contributed by atoms with Crippen molar-refractivity contribution in [1.29, 1.82) is 0 Å². The van der Waals surface area contributed by atoms with Gasteiger partial charge in [0, 0.05) is 11.3 Å². The molecular formula is C24H20N4OS2. The van der Waals surface area contributed by atoms with Gasteiger partial charge in [-0.2, -0.15) is 0 Å². The van der Waals surface area contributed by atoms with E-state index in [4.69, 9.17) is 0 Å². The molecule has 31 heavy (non-hydrogen) atoms. The van der Waals surface area contributed by atoms with Crippen molar-refractivity contribution >= 4 is 34.7 Å². The number of hydrogen-bond acceptors (Lipinski definition) is 5. The highest BCUT2D eigenvalue weighted by atomic mass is 32.2. The predicted molar refractivity (Wildman–Crippen MR) is 127 cm³/mol. The maximum absolute atomic E-state index is 12.5. The van der Waals surface area contributed by atoms with Gasteiger partial charge in [0.15, 0.2) is 5.16 Å². The zero-order valence-corrected chi connectivity index (χ0v) is 18.5. The van der Waals surface area contributed by atoms with Gasteiger partial charge in [0.25, 0.3) is 0 Å². The minimum absolute atomic E-state index is 0.105. The van der Waals surface area contributed by atoms with Gasteiger partial charge in [0.1, 0.15) is 6.33 Å². The van der Waals surface area contributed by atoms with Gasteiger partial charge in [-0.1, -0.05) is 60.9 Å². The molecule has 0 saturated heterocycles. The molecule has 0 saturated carbocycles. The molecule has 1 amide bonds. The highest BCUT2D eigenvalue weighted by molar-refractivity contribution is 7.99. The minimum Gasteiger partial charge on any atom is -0.325 e. The van der Waals surface area contributed by atoms with Crippen molar-refractivity contribution < 1.29 is 4.79 Å². The number of nitrogens with zero attached hydrogens (tertiary/aromatic N) is 3. The first kappa shape index (κ1) is 20.9. The van der Waals surface area contributed by atoms with E-state index in [1.54, 1.807) is 17.7 Å². The summed E-state index contributed by atoms with van der Waals surface area (Å²) in [6.07, 6.45) is 2.59. The Morgan fingerprint density at radius 3 is 2.87 bits per heavy atom. The lowest BCUT2D eigenvalue weighted by Crippen LogP contribution is -2.14. The lowest BCUT2D eigenvalue weighted by atomic mass is 10.1. The molecule has 0 aliphatic carbocycles. The average Bonchev–Trinajstić information content (AvgIpc) is 3.48. The molecule has 1 N–H and O–H groups in total. The molecule has 0 unspecified atom stereocenters. The average molecular weight is 445 g/mol. The Morgan fingerprint density at radius 2 is 2.03 bits per heavy atom. The van der Waals surface area contributed by atoms with Crippen molar-refractivity contribution in [1.82, 2.24) is 14.8 Å². The zero-order valence-electron chi connectivity index (χ0n) is 16.9. The van der Waals surface area contributed by atoms with Crippen LogP contribution >= 0.6 is 23.1 Å². The van der Waals surface area contributed by atoms with E-state index >= 15 is 0 Å². The van der Waals surface area contributed by atoms with Crippen molar-refractivity contribution in [2.45, 2.75) is 18.5 Å². The Bertz CT molecular complexity index is 1240. The summed E-state index contributed by atoms with van der Waals surface area (Å²) in [7, 11) is 0. The van der Waals surface area contributed by atoms with E-state index in [9.17, 15) is 4.79 Å². The lowest BCUT2D eigenvalue weighted by Gasteiger charge is -2.10. The van der Waals surface area contributed by atoms with Gasteiger partial charge in [-0.25, -0.2) is 0 Å².